The topological polar surface area (TPSA) is 88.2 Å². The second kappa shape index (κ2) is 7.05. The molecule has 2 rings (SSSR count). The minimum absolute atomic E-state index is 0.135. The van der Waals surface area contributed by atoms with Crippen LogP contribution in [0.3, 0.4) is 0 Å². The van der Waals surface area contributed by atoms with Crippen LogP contribution in [0.2, 0.25) is 5.15 Å². The van der Waals surface area contributed by atoms with Crippen LogP contribution in [-0.2, 0) is 10.0 Å². The summed E-state index contributed by atoms with van der Waals surface area (Å²) in [6, 6.07) is 7.90. The molecule has 6 nitrogen and oxygen atoms in total. The van der Waals surface area contributed by atoms with E-state index in [0.717, 1.165) is 6.20 Å². The minimum Gasteiger partial charge on any atom is -0.273 e. The smallest absolute Gasteiger partial charge is 0.267 e. The minimum atomic E-state index is -3.96. The third-order valence-electron chi connectivity index (χ3n) is 2.50. The number of benzene rings is 1. The number of nitrogens with zero attached hydrogens (tertiary/aromatic N) is 1. The number of hydrazine groups is 1. The molecule has 0 bridgehead atoms. The number of sulfonamides is 1. The molecule has 0 aliphatic heterocycles. The molecule has 1 aromatic carbocycles. The van der Waals surface area contributed by atoms with Crippen molar-refractivity contribution in [1.29, 1.82) is 0 Å². The molecule has 1 aromatic heterocycles. The van der Waals surface area contributed by atoms with Gasteiger partial charge in [0.1, 0.15) is 10.0 Å². The van der Waals surface area contributed by atoms with Crippen LogP contribution in [0.25, 0.3) is 0 Å². The largest absolute Gasteiger partial charge is 0.273 e. The average molecular weight is 470 g/mol. The fourth-order valence-corrected chi connectivity index (χ4v) is 3.31. The first kappa shape index (κ1) is 17.4. The molecule has 1 amide bonds. The van der Waals surface area contributed by atoms with Crippen LogP contribution in [0.1, 0.15) is 10.4 Å². The van der Waals surface area contributed by atoms with E-state index in [9.17, 15) is 13.2 Å². The van der Waals surface area contributed by atoms with Crippen molar-refractivity contribution in [1.82, 2.24) is 15.2 Å². The van der Waals surface area contributed by atoms with Gasteiger partial charge in [-0.15, -0.1) is 4.83 Å². The zero-order valence-electron chi connectivity index (χ0n) is 10.7. The van der Waals surface area contributed by atoms with Gasteiger partial charge in [0.05, 0.1) is 10.0 Å². The number of nitrogens with one attached hydrogen (secondary N) is 2. The number of carbonyl (C=O) groups is 1. The standard InChI is InChI=1S/C12H8Br2ClN3O3S/c13-9-4-2-1-3-8(9)12(19)17-18-22(20,21)7-5-10(14)11(15)16-6-7/h1-6,18H,(H,17,19). The maximum atomic E-state index is 12.1. The molecule has 0 unspecified atom stereocenters. The van der Waals surface area contributed by atoms with E-state index in [1.165, 1.54) is 6.07 Å². The second-order valence-electron chi connectivity index (χ2n) is 3.98. The molecule has 10 heteroatoms. The van der Waals surface area contributed by atoms with Gasteiger partial charge in [0.25, 0.3) is 15.9 Å². The Morgan fingerprint density at radius 1 is 1.18 bits per heavy atom. The van der Waals surface area contributed by atoms with Crippen LogP contribution < -0.4 is 10.3 Å². The lowest BCUT2D eigenvalue weighted by atomic mass is 10.2. The third kappa shape index (κ3) is 4.05. The van der Waals surface area contributed by atoms with E-state index >= 15 is 0 Å². The van der Waals surface area contributed by atoms with Gasteiger partial charge in [-0.25, -0.2) is 13.4 Å². The van der Waals surface area contributed by atoms with Gasteiger partial charge in [-0.05, 0) is 50.1 Å². The zero-order chi connectivity index (χ0) is 16.3. The number of hydrogen-bond donors (Lipinski definition) is 2. The highest BCUT2D eigenvalue weighted by atomic mass is 79.9. The maximum absolute atomic E-state index is 12.1. The fourth-order valence-electron chi connectivity index (χ4n) is 1.44. The van der Waals surface area contributed by atoms with Crippen LogP contribution in [0.15, 0.2) is 50.4 Å². The van der Waals surface area contributed by atoms with Crippen molar-refractivity contribution in [3.05, 3.63) is 56.2 Å². The van der Waals surface area contributed by atoms with Gasteiger partial charge in [-0.1, -0.05) is 23.7 Å². The van der Waals surface area contributed by atoms with Gasteiger partial charge in [-0.2, -0.15) is 0 Å². The quantitative estimate of drug-likeness (QED) is 0.533. The summed E-state index contributed by atoms with van der Waals surface area (Å²) >= 11 is 12.0. The third-order valence-corrected chi connectivity index (χ3v) is 5.54. The summed E-state index contributed by atoms with van der Waals surface area (Å²) in [5.74, 6) is -0.600. The Morgan fingerprint density at radius 2 is 1.86 bits per heavy atom. The van der Waals surface area contributed by atoms with Gasteiger partial charge in [-0.3, -0.25) is 10.2 Å². The highest BCUT2D eigenvalue weighted by Crippen LogP contribution is 2.22. The molecule has 0 aliphatic rings. The normalized spacial score (nSPS) is 11.2. The second-order valence-corrected chi connectivity index (χ2v) is 7.73. The van der Waals surface area contributed by atoms with E-state index in [1.807, 2.05) is 4.83 Å². The number of rotatable bonds is 4. The van der Waals surface area contributed by atoms with Crippen molar-refractivity contribution in [2.24, 2.45) is 0 Å². The first-order chi connectivity index (χ1) is 10.3. The number of aromatic nitrogens is 1. The molecule has 0 saturated carbocycles. The van der Waals surface area contributed by atoms with Crippen LogP contribution in [0.5, 0.6) is 0 Å². The van der Waals surface area contributed by atoms with Gasteiger partial charge in [0.15, 0.2) is 0 Å². The molecular weight excluding hydrogens is 461 g/mol. The van der Waals surface area contributed by atoms with Gasteiger partial charge in [0, 0.05) is 10.7 Å². The lowest BCUT2D eigenvalue weighted by Crippen LogP contribution is -2.41. The number of amides is 1. The summed E-state index contributed by atoms with van der Waals surface area (Å²) in [7, 11) is -3.96. The molecule has 0 aliphatic carbocycles. The molecule has 2 N–H and O–H groups in total. The van der Waals surface area contributed by atoms with Crippen LogP contribution in [0.4, 0.5) is 0 Å². The molecule has 1 heterocycles. The molecule has 0 spiro atoms. The van der Waals surface area contributed by atoms with E-state index < -0.39 is 15.9 Å². The Labute approximate surface area is 148 Å². The number of carbonyl (C=O) groups excluding carboxylic acids is 1. The SMILES string of the molecule is O=C(NNS(=O)(=O)c1cnc(Cl)c(Br)c1)c1ccccc1Br. The van der Waals surface area contributed by atoms with Crippen molar-refractivity contribution >= 4 is 59.4 Å². The Kier molecular flexibility index (Phi) is 5.56. The predicted octanol–water partition coefficient (Wildman–Crippen LogP) is 2.88. The summed E-state index contributed by atoms with van der Waals surface area (Å²) in [5.41, 5.74) is 2.42. The molecule has 2 aromatic rings. The van der Waals surface area contributed by atoms with E-state index in [2.05, 4.69) is 42.3 Å². The molecule has 22 heavy (non-hydrogen) atoms. The predicted molar refractivity (Wildman–Crippen MR) is 88.9 cm³/mol. The van der Waals surface area contributed by atoms with Crippen molar-refractivity contribution < 1.29 is 13.2 Å². The van der Waals surface area contributed by atoms with E-state index in [0.29, 0.717) is 14.5 Å². The summed E-state index contributed by atoms with van der Waals surface area (Å²) in [5, 5.41) is 0.135. The van der Waals surface area contributed by atoms with Crippen molar-refractivity contribution in [3.63, 3.8) is 0 Å². The monoisotopic (exact) mass is 467 g/mol. The maximum Gasteiger partial charge on any atom is 0.267 e. The molecule has 0 saturated heterocycles. The van der Waals surface area contributed by atoms with Crippen LogP contribution in [0, 0.1) is 0 Å². The number of halogens is 3. The number of pyridine rings is 1. The van der Waals surface area contributed by atoms with Crippen LogP contribution in [-0.4, -0.2) is 19.3 Å². The van der Waals surface area contributed by atoms with Crippen molar-refractivity contribution in [2.75, 3.05) is 0 Å². The molecule has 0 radical (unpaired) electrons. The molecule has 0 atom stereocenters. The lowest BCUT2D eigenvalue weighted by Gasteiger charge is -2.09. The van der Waals surface area contributed by atoms with Gasteiger partial charge >= 0.3 is 0 Å². The molecule has 116 valence electrons. The zero-order valence-corrected chi connectivity index (χ0v) is 15.4. The first-order valence-corrected chi connectivity index (χ1v) is 9.13. The van der Waals surface area contributed by atoms with Crippen LogP contribution >= 0.6 is 43.5 Å². The van der Waals surface area contributed by atoms with Gasteiger partial charge < -0.3 is 0 Å². The van der Waals surface area contributed by atoms with Crippen molar-refractivity contribution in [2.45, 2.75) is 4.90 Å². The fraction of sp³-hybridized carbons (Fsp3) is 0. The summed E-state index contributed by atoms with van der Waals surface area (Å²) < 4.78 is 25.0. The van der Waals surface area contributed by atoms with Crippen molar-refractivity contribution in [3.8, 4) is 0 Å². The van der Waals surface area contributed by atoms with E-state index in [1.54, 1.807) is 24.3 Å². The summed E-state index contributed by atoms with van der Waals surface area (Å²) in [4.78, 5) is 17.5. The first-order valence-electron chi connectivity index (χ1n) is 5.69. The highest BCUT2D eigenvalue weighted by molar-refractivity contribution is 9.10. The van der Waals surface area contributed by atoms with E-state index in [4.69, 9.17) is 11.6 Å². The Morgan fingerprint density at radius 3 is 2.50 bits per heavy atom. The van der Waals surface area contributed by atoms with E-state index in [-0.39, 0.29) is 10.0 Å². The van der Waals surface area contributed by atoms with Gasteiger partial charge in [0.2, 0.25) is 0 Å². The number of hydrogen-bond acceptors (Lipinski definition) is 4. The Hall–Kier alpha value is -1.000. The lowest BCUT2D eigenvalue weighted by molar-refractivity contribution is 0.0944. The average Bonchev–Trinajstić information content (AvgIpc) is 2.48. The Balaban J connectivity index is 2.14. The summed E-state index contributed by atoms with van der Waals surface area (Å²) in [6.45, 7) is 0. The molecule has 0 fully saturated rings. The summed E-state index contributed by atoms with van der Waals surface area (Å²) in [6.07, 6.45) is 1.08. The highest BCUT2D eigenvalue weighted by Gasteiger charge is 2.18. The Bertz CT molecular complexity index is 830. The molecular formula is C12H8Br2ClN3O3S.